The molecule has 2 aliphatic heterocycles. The van der Waals surface area contributed by atoms with Gasteiger partial charge in [-0.05, 0) is 25.8 Å². The zero-order chi connectivity index (χ0) is 20.9. The van der Waals surface area contributed by atoms with Crippen molar-refractivity contribution in [2.75, 3.05) is 37.0 Å². The van der Waals surface area contributed by atoms with E-state index in [2.05, 4.69) is 4.90 Å². The number of rotatable bonds is 3. The van der Waals surface area contributed by atoms with Crippen molar-refractivity contribution in [1.29, 1.82) is 0 Å². The second-order valence-electron chi connectivity index (χ2n) is 7.56. The molecular formula is C20H21Cl2N3O4. The number of hydrogen-bond donors (Lipinski definition) is 1. The maximum absolute atomic E-state index is 12.8. The molecule has 0 bridgehead atoms. The van der Waals surface area contributed by atoms with Gasteiger partial charge in [0.1, 0.15) is 11.4 Å². The van der Waals surface area contributed by atoms with E-state index in [0.29, 0.717) is 36.6 Å². The van der Waals surface area contributed by atoms with Gasteiger partial charge in [-0.25, -0.2) is 4.79 Å². The highest BCUT2D eigenvalue weighted by Crippen LogP contribution is 2.41. The fourth-order valence-electron chi connectivity index (χ4n) is 4.39. The molecule has 1 saturated heterocycles. The summed E-state index contributed by atoms with van der Waals surface area (Å²) >= 11 is 12.3. The Morgan fingerprint density at radius 3 is 2.55 bits per heavy atom. The number of nitrogens with zero attached hydrogens (tertiary/aromatic N) is 3. The van der Waals surface area contributed by atoms with Crippen LogP contribution >= 0.6 is 23.2 Å². The number of carbonyl (C=O) groups is 2. The second kappa shape index (κ2) is 7.54. The van der Waals surface area contributed by atoms with Crippen molar-refractivity contribution in [3.8, 4) is 0 Å². The van der Waals surface area contributed by atoms with E-state index < -0.39 is 11.4 Å². The summed E-state index contributed by atoms with van der Waals surface area (Å²) in [5, 5.41) is 10.2. The van der Waals surface area contributed by atoms with Crippen LogP contribution in [0.15, 0.2) is 17.1 Å². The third-order valence-corrected chi connectivity index (χ3v) is 6.44. The molecule has 1 N–H and O–H groups in total. The molecule has 9 heteroatoms. The van der Waals surface area contributed by atoms with Gasteiger partial charge in [0.05, 0.1) is 16.2 Å². The van der Waals surface area contributed by atoms with Crippen LogP contribution in [0.3, 0.4) is 0 Å². The number of carboxylic acid groups (broad SMARTS) is 1. The van der Waals surface area contributed by atoms with Gasteiger partial charge in [0, 0.05) is 49.4 Å². The van der Waals surface area contributed by atoms with Gasteiger partial charge in [-0.3, -0.25) is 9.59 Å². The molecule has 1 aromatic carbocycles. The number of hydrogen-bond acceptors (Lipinski definition) is 4. The van der Waals surface area contributed by atoms with Gasteiger partial charge >= 0.3 is 5.97 Å². The summed E-state index contributed by atoms with van der Waals surface area (Å²) in [6.45, 7) is 4.37. The minimum absolute atomic E-state index is 0.0297. The van der Waals surface area contributed by atoms with Crippen LogP contribution < -0.4 is 10.3 Å². The van der Waals surface area contributed by atoms with Gasteiger partial charge in [-0.2, -0.15) is 0 Å². The minimum atomic E-state index is -1.24. The van der Waals surface area contributed by atoms with Crippen LogP contribution in [0.5, 0.6) is 0 Å². The Morgan fingerprint density at radius 1 is 1.24 bits per heavy atom. The predicted molar refractivity (Wildman–Crippen MR) is 113 cm³/mol. The lowest BCUT2D eigenvalue weighted by atomic mass is 9.93. The summed E-state index contributed by atoms with van der Waals surface area (Å²) in [4.78, 5) is 40.1. The Morgan fingerprint density at radius 2 is 1.93 bits per heavy atom. The van der Waals surface area contributed by atoms with Gasteiger partial charge in [0.2, 0.25) is 11.3 Å². The highest BCUT2D eigenvalue weighted by Gasteiger charge is 2.30. The summed E-state index contributed by atoms with van der Waals surface area (Å²) in [5.74, 6) is -1.35. The van der Waals surface area contributed by atoms with Crippen LogP contribution in [0.4, 0.5) is 5.69 Å². The normalized spacial score (nSPS) is 18.9. The fraction of sp³-hybridized carbons (Fsp3) is 0.450. The molecular weight excluding hydrogens is 417 g/mol. The molecule has 2 aromatic rings. The van der Waals surface area contributed by atoms with Gasteiger partial charge in [0.25, 0.3) is 0 Å². The number of anilines is 1. The predicted octanol–water partition coefficient (Wildman–Crippen LogP) is 2.75. The first kappa shape index (κ1) is 20.0. The molecule has 0 saturated carbocycles. The van der Waals surface area contributed by atoms with Gasteiger partial charge in [0.15, 0.2) is 0 Å². The van der Waals surface area contributed by atoms with E-state index in [4.69, 9.17) is 23.2 Å². The van der Waals surface area contributed by atoms with Crippen molar-refractivity contribution in [1.82, 2.24) is 9.47 Å². The fourth-order valence-corrected chi connectivity index (χ4v) is 4.90. The third-order valence-electron chi connectivity index (χ3n) is 5.92. The smallest absolute Gasteiger partial charge is 0.341 e. The molecule has 1 unspecified atom stereocenters. The first-order valence-corrected chi connectivity index (χ1v) is 10.5. The Balaban J connectivity index is 1.85. The Labute approximate surface area is 177 Å². The number of aromatic carboxylic acids is 1. The molecule has 1 atom stereocenters. The SMILES string of the molecule is CC1CCc2c(N3CCN(C(=O)CCl)CC3)c(Cl)cc3c(=O)c(C(=O)O)cn1c23. The summed E-state index contributed by atoms with van der Waals surface area (Å²) in [7, 11) is 0. The van der Waals surface area contributed by atoms with Crippen LogP contribution in [-0.4, -0.2) is 58.5 Å². The monoisotopic (exact) mass is 437 g/mol. The molecule has 0 spiro atoms. The van der Waals surface area contributed by atoms with E-state index in [0.717, 1.165) is 29.6 Å². The standard InChI is InChI=1S/C20H21Cl2N3O4/c1-11-2-3-12-17-13(19(27)14(20(28)29)10-25(11)17)8-15(22)18(12)24-6-4-23(5-7-24)16(26)9-21/h8,10-11H,2-7,9H2,1H3,(H,28,29). The molecule has 3 heterocycles. The quantitative estimate of drug-likeness (QED) is 0.746. The van der Waals surface area contributed by atoms with Crippen molar-refractivity contribution >= 4 is 51.7 Å². The molecule has 2 aliphatic rings. The van der Waals surface area contributed by atoms with Crippen LogP contribution in [0.2, 0.25) is 5.02 Å². The number of aromatic nitrogens is 1. The lowest BCUT2D eigenvalue weighted by Crippen LogP contribution is -2.49. The number of aryl methyl sites for hydroxylation is 1. The lowest BCUT2D eigenvalue weighted by molar-refractivity contribution is -0.128. The number of pyridine rings is 1. The summed E-state index contributed by atoms with van der Waals surface area (Å²) in [6, 6.07) is 1.67. The average molecular weight is 438 g/mol. The number of alkyl halides is 1. The van der Waals surface area contributed by atoms with E-state index >= 15 is 0 Å². The number of amides is 1. The molecule has 0 radical (unpaired) electrons. The highest BCUT2D eigenvalue weighted by molar-refractivity contribution is 6.34. The number of carboxylic acids is 1. The highest BCUT2D eigenvalue weighted by atomic mass is 35.5. The van der Waals surface area contributed by atoms with Crippen LogP contribution in [0.1, 0.15) is 35.3 Å². The Hall–Kier alpha value is -2.25. The second-order valence-corrected chi connectivity index (χ2v) is 8.23. The van der Waals surface area contributed by atoms with Gasteiger partial charge in [-0.15, -0.1) is 11.6 Å². The Bertz CT molecular complexity index is 1070. The van der Waals surface area contributed by atoms with Crippen molar-refractivity contribution in [2.24, 2.45) is 0 Å². The third kappa shape index (κ3) is 3.26. The van der Waals surface area contributed by atoms with Crippen LogP contribution in [0, 0.1) is 0 Å². The first-order valence-electron chi connectivity index (χ1n) is 9.55. The molecule has 1 aromatic heterocycles. The summed E-state index contributed by atoms with van der Waals surface area (Å²) in [5.41, 5.74) is 1.86. The number of carbonyl (C=O) groups excluding carboxylic acids is 1. The van der Waals surface area contributed by atoms with Crippen molar-refractivity contribution in [2.45, 2.75) is 25.8 Å². The van der Waals surface area contributed by atoms with Crippen molar-refractivity contribution in [3.63, 3.8) is 0 Å². The van der Waals surface area contributed by atoms with E-state index in [-0.39, 0.29) is 23.4 Å². The van der Waals surface area contributed by atoms with E-state index in [9.17, 15) is 19.5 Å². The van der Waals surface area contributed by atoms with Crippen LogP contribution in [0.25, 0.3) is 10.9 Å². The summed E-state index contributed by atoms with van der Waals surface area (Å²) in [6.07, 6.45) is 3.03. The number of piperazine rings is 1. The molecule has 7 nitrogen and oxygen atoms in total. The minimum Gasteiger partial charge on any atom is -0.477 e. The van der Waals surface area contributed by atoms with Crippen molar-refractivity contribution in [3.05, 3.63) is 38.6 Å². The number of halogens is 2. The number of benzene rings is 1. The molecule has 1 amide bonds. The topological polar surface area (TPSA) is 82.8 Å². The zero-order valence-electron chi connectivity index (χ0n) is 16.0. The molecule has 0 aliphatic carbocycles. The van der Waals surface area contributed by atoms with Crippen molar-refractivity contribution < 1.29 is 14.7 Å². The van der Waals surface area contributed by atoms with Crippen LogP contribution in [-0.2, 0) is 11.2 Å². The lowest BCUT2D eigenvalue weighted by Gasteiger charge is -2.38. The zero-order valence-corrected chi connectivity index (χ0v) is 17.5. The summed E-state index contributed by atoms with van der Waals surface area (Å²) < 4.78 is 1.89. The Kier molecular flexibility index (Phi) is 5.21. The van der Waals surface area contributed by atoms with E-state index in [1.165, 1.54) is 6.20 Å². The van der Waals surface area contributed by atoms with E-state index in [1.54, 1.807) is 11.0 Å². The van der Waals surface area contributed by atoms with E-state index in [1.807, 2.05) is 11.5 Å². The first-order chi connectivity index (χ1) is 13.8. The van der Waals surface area contributed by atoms with Gasteiger partial charge in [-0.1, -0.05) is 11.6 Å². The molecule has 154 valence electrons. The maximum Gasteiger partial charge on any atom is 0.341 e. The van der Waals surface area contributed by atoms with Gasteiger partial charge < -0.3 is 19.5 Å². The average Bonchev–Trinajstić information content (AvgIpc) is 2.71. The largest absolute Gasteiger partial charge is 0.477 e. The molecule has 4 rings (SSSR count). The molecule has 1 fully saturated rings. The maximum atomic E-state index is 12.8. The molecule has 29 heavy (non-hydrogen) atoms.